The number of halogens is 2. The molecule has 0 spiro atoms. The van der Waals surface area contributed by atoms with Crippen molar-refractivity contribution in [2.24, 2.45) is 5.92 Å². The fourth-order valence-electron chi connectivity index (χ4n) is 3.58. The van der Waals surface area contributed by atoms with Gasteiger partial charge in [0, 0.05) is 23.7 Å². The summed E-state index contributed by atoms with van der Waals surface area (Å²) in [7, 11) is -0.0607. The summed E-state index contributed by atoms with van der Waals surface area (Å²) in [5, 5.41) is 5.29. The normalized spacial score (nSPS) is 23.0. The van der Waals surface area contributed by atoms with E-state index < -0.39 is 20.7 Å². The van der Waals surface area contributed by atoms with Crippen molar-refractivity contribution in [1.29, 1.82) is 0 Å². The van der Waals surface area contributed by atoms with E-state index in [2.05, 4.69) is 26.8 Å². The smallest absolute Gasteiger partial charge is 0.266 e. The Labute approximate surface area is 174 Å². The van der Waals surface area contributed by atoms with Gasteiger partial charge in [0.2, 0.25) is 0 Å². The first-order valence-electron chi connectivity index (χ1n) is 9.01. The Hall–Kier alpha value is -1.42. The second-order valence-electron chi connectivity index (χ2n) is 7.41. The number of nitrogens with zero attached hydrogens (tertiary/aromatic N) is 2. The van der Waals surface area contributed by atoms with Crippen LogP contribution >= 0.6 is 22.9 Å². The number of anilines is 2. The van der Waals surface area contributed by atoms with Crippen molar-refractivity contribution in [1.82, 2.24) is 9.88 Å². The van der Waals surface area contributed by atoms with Gasteiger partial charge in [-0.05, 0) is 51.4 Å². The third-order valence-electron chi connectivity index (χ3n) is 5.05. The molecule has 1 heterocycles. The molecule has 2 aromatic rings. The van der Waals surface area contributed by atoms with Gasteiger partial charge < -0.3 is 10.2 Å². The molecule has 3 rings (SSSR count). The molecule has 10 heteroatoms. The monoisotopic (exact) mass is 446 g/mol. The lowest BCUT2D eigenvalue weighted by Gasteiger charge is -2.39. The van der Waals surface area contributed by atoms with E-state index in [-0.39, 0.29) is 22.2 Å². The van der Waals surface area contributed by atoms with E-state index >= 15 is 0 Å². The van der Waals surface area contributed by atoms with Crippen molar-refractivity contribution in [2.75, 3.05) is 24.1 Å². The molecule has 1 aliphatic rings. The molecule has 0 radical (unpaired) electrons. The summed E-state index contributed by atoms with van der Waals surface area (Å²) in [5.74, 6) is -0.233. The molecule has 1 aromatic carbocycles. The third kappa shape index (κ3) is 4.76. The Kier molecular flexibility index (Phi) is 6.48. The molecule has 0 unspecified atom stereocenters. The zero-order chi connectivity index (χ0) is 20.5. The second-order valence-corrected chi connectivity index (χ2v) is 10.4. The molecule has 1 saturated carbocycles. The first-order chi connectivity index (χ1) is 13.2. The standard InChI is InChI=1S/C18H24ClFN4O2S2/c1-11-4-5-14(16(8-11)24(2)3)22-15-10-13(20)17(9-12(15)19)28(25,26)23-18-21-6-7-27-18/h6-7,9-11,14,16,22H,4-5,8H2,1-3H3,(H,21,23)/t11-,14-,16-/m0/s1. The second kappa shape index (κ2) is 8.52. The lowest BCUT2D eigenvalue weighted by molar-refractivity contribution is 0.177. The molecule has 1 fully saturated rings. The number of aromatic nitrogens is 1. The summed E-state index contributed by atoms with van der Waals surface area (Å²) >= 11 is 7.43. The van der Waals surface area contributed by atoms with Crippen LogP contribution in [0.5, 0.6) is 0 Å². The highest BCUT2D eigenvalue weighted by molar-refractivity contribution is 7.93. The summed E-state index contributed by atoms with van der Waals surface area (Å²) in [4.78, 5) is 5.52. The van der Waals surface area contributed by atoms with E-state index in [0.717, 1.165) is 42.7 Å². The van der Waals surface area contributed by atoms with Gasteiger partial charge in [-0.25, -0.2) is 17.8 Å². The van der Waals surface area contributed by atoms with Gasteiger partial charge >= 0.3 is 0 Å². The number of hydrogen-bond donors (Lipinski definition) is 2. The summed E-state index contributed by atoms with van der Waals surface area (Å²) in [6.45, 7) is 2.23. The van der Waals surface area contributed by atoms with E-state index in [0.29, 0.717) is 11.6 Å². The Morgan fingerprint density at radius 3 is 2.71 bits per heavy atom. The highest BCUT2D eigenvalue weighted by Gasteiger charge is 2.31. The van der Waals surface area contributed by atoms with Crippen LogP contribution in [0.2, 0.25) is 5.02 Å². The van der Waals surface area contributed by atoms with Crippen LogP contribution in [-0.4, -0.2) is 44.5 Å². The van der Waals surface area contributed by atoms with E-state index in [1.54, 1.807) is 5.38 Å². The minimum absolute atomic E-state index is 0.110. The van der Waals surface area contributed by atoms with Gasteiger partial charge in [0.15, 0.2) is 5.13 Å². The maximum Gasteiger partial charge on any atom is 0.266 e. The molecule has 154 valence electrons. The van der Waals surface area contributed by atoms with Crippen LogP contribution in [0.3, 0.4) is 0 Å². The van der Waals surface area contributed by atoms with Crippen LogP contribution < -0.4 is 10.0 Å². The van der Waals surface area contributed by atoms with Gasteiger partial charge in [0.1, 0.15) is 10.7 Å². The molecule has 6 nitrogen and oxygen atoms in total. The van der Waals surface area contributed by atoms with Crippen molar-refractivity contribution in [2.45, 2.75) is 43.2 Å². The molecule has 0 amide bonds. The van der Waals surface area contributed by atoms with E-state index in [9.17, 15) is 12.8 Å². The number of rotatable bonds is 6. The average Bonchev–Trinajstić information content (AvgIpc) is 3.11. The van der Waals surface area contributed by atoms with Crippen LogP contribution in [0.15, 0.2) is 28.6 Å². The van der Waals surface area contributed by atoms with E-state index in [1.165, 1.54) is 6.20 Å². The topological polar surface area (TPSA) is 74.3 Å². The van der Waals surface area contributed by atoms with Gasteiger partial charge in [0.25, 0.3) is 10.0 Å². The summed E-state index contributed by atoms with van der Waals surface area (Å²) in [6, 6.07) is 2.70. The lowest BCUT2D eigenvalue weighted by Crippen LogP contribution is -2.47. The zero-order valence-corrected chi connectivity index (χ0v) is 18.3. The van der Waals surface area contributed by atoms with Gasteiger partial charge in [-0.1, -0.05) is 18.5 Å². The van der Waals surface area contributed by atoms with Crippen molar-refractivity contribution < 1.29 is 12.8 Å². The summed E-state index contributed by atoms with van der Waals surface area (Å²) < 4.78 is 41.9. The predicted molar refractivity (Wildman–Crippen MR) is 112 cm³/mol. The first-order valence-corrected chi connectivity index (χ1v) is 11.8. The molecular formula is C18H24ClFN4O2S2. The van der Waals surface area contributed by atoms with Crippen LogP contribution in [0.25, 0.3) is 0 Å². The molecule has 2 N–H and O–H groups in total. The number of benzene rings is 1. The van der Waals surface area contributed by atoms with Crippen LogP contribution in [0.1, 0.15) is 26.2 Å². The average molecular weight is 447 g/mol. The van der Waals surface area contributed by atoms with Crippen molar-refractivity contribution in [3.63, 3.8) is 0 Å². The van der Waals surface area contributed by atoms with E-state index in [1.807, 2.05) is 14.1 Å². The Bertz CT molecular complexity index is 922. The maximum absolute atomic E-state index is 14.7. The number of hydrogen-bond acceptors (Lipinski definition) is 6. The minimum Gasteiger partial charge on any atom is -0.379 e. The third-order valence-corrected chi connectivity index (χ3v) is 7.53. The predicted octanol–water partition coefficient (Wildman–Crippen LogP) is 4.27. The molecule has 0 saturated heterocycles. The fraction of sp³-hybridized carbons (Fsp3) is 0.500. The highest BCUT2D eigenvalue weighted by atomic mass is 35.5. The largest absolute Gasteiger partial charge is 0.379 e. The molecule has 1 aromatic heterocycles. The van der Waals surface area contributed by atoms with Gasteiger partial charge in [0.05, 0.1) is 10.7 Å². The highest BCUT2D eigenvalue weighted by Crippen LogP contribution is 2.33. The SMILES string of the molecule is C[C@H]1CC[C@H](Nc2cc(F)c(S(=O)(=O)Nc3nccs3)cc2Cl)[C@@H](N(C)C)C1. The van der Waals surface area contributed by atoms with Crippen molar-refractivity contribution in [3.8, 4) is 0 Å². The number of likely N-dealkylation sites (N-methyl/N-ethyl adjacent to an activating group) is 1. The van der Waals surface area contributed by atoms with Gasteiger partial charge in [-0.3, -0.25) is 4.72 Å². The molecule has 0 aliphatic heterocycles. The zero-order valence-electron chi connectivity index (χ0n) is 15.9. The Morgan fingerprint density at radius 2 is 2.07 bits per heavy atom. The summed E-state index contributed by atoms with van der Waals surface area (Å²) in [6.07, 6.45) is 4.51. The lowest BCUT2D eigenvalue weighted by atomic mass is 9.82. The maximum atomic E-state index is 14.7. The Morgan fingerprint density at radius 1 is 1.32 bits per heavy atom. The van der Waals surface area contributed by atoms with E-state index in [4.69, 9.17) is 11.6 Å². The van der Waals surface area contributed by atoms with Crippen LogP contribution in [0.4, 0.5) is 15.2 Å². The van der Waals surface area contributed by atoms with Crippen LogP contribution in [0, 0.1) is 11.7 Å². The molecule has 0 bridgehead atoms. The number of thiazole rings is 1. The number of sulfonamides is 1. The Balaban J connectivity index is 1.84. The molecular weight excluding hydrogens is 423 g/mol. The first kappa shape index (κ1) is 21.3. The fourth-order valence-corrected chi connectivity index (χ4v) is 5.74. The van der Waals surface area contributed by atoms with Gasteiger partial charge in [-0.2, -0.15) is 0 Å². The summed E-state index contributed by atoms with van der Waals surface area (Å²) in [5.41, 5.74) is 0.402. The van der Waals surface area contributed by atoms with Crippen molar-refractivity contribution >= 4 is 43.8 Å². The molecule has 1 aliphatic carbocycles. The molecule has 3 atom stereocenters. The van der Waals surface area contributed by atoms with Crippen LogP contribution in [-0.2, 0) is 10.0 Å². The molecule has 28 heavy (non-hydrogen) atoms. The number of nitrogens with one attached hydrogen (secondary N) is 2. The van der Waals surface area contributed by atoms with Crippen molar-refractivity contribution in [3.05, 3.63) is 34.5 Å². The minimum atomic E-state index is -4.12. The van der Waals surface area contributed by atoms with Gasteiger partial charge in [-0.15, -0.1) is 11.3 Å². The quantitative estimate of drug-likeness (QED) is 0.693.